The first-order chi connectivity index (χ1) is 11.4. The number of carbonyl (C=O) groups is 2. The second kappa shape index (κ2) is 8.11. The molecule has 0 aliphatic carbocycles. The Balaban J connectivity index is 1.77. The Bertz CT molecular complexity index is 749. The van der Waals surface area contributed by atoms with Gasteiger partial charge in [-0.1, -0.05) is 6.07 Å². The number of amides is 1. The molecule has 0 saturated carbocycles. The van der Waals surface area contributed by atoms with Crippen LogP contribution in [0, 0.1) is 20.8 Å². The maximum absolute atomic E-state index is 12.0. The lowest BCUT2D eigenvalue weighted by molar-refractivity contribution is 0.0955. The number of carbonyl (C=O) groups excluding carboxylic acids is 2. The first kappa shape index (κ1) is 18.2. The number of hydrogen-bond donors (Lipinski definition) is 1. The van der Waals surface area contributed by atoms with E-state index in [1.54, 1.807) is 12.1 Å². The summed E-state index contributed by atoms with van der Waals surface area (Å²) < 4.78 is 5.83. The summed E-state index contributed by atoms with van der Waals surface area (Å²) in [6.07, 6.45) is 0.725. The fourth-order valence-corrected chi connectivity index (χ4v) is 3.16. The van der Waals surface area contributed by atoms with Crippen LogP contribution >= 0.6 is 11.3 Å². The van der Waals surface area contributed by atoms with E-state index in [9.17, 15) is 9.59 Å². The summed E-state index contributed by atoms with van der Waals surface area (Å²) in [5, 5.41) is 2.86. The topological polar surface area (TPSA) is 55.4 Å². The summed E-state index contributed by atoms with van der Waals surface area (Å²) in [5.74, 6) is 0.745. The highest BCUT2D eigenvalue weighted by molar-refractivity contribution is 7.15. The first-order valence-electron chi connectivity index (χ1n) is 7.98. The van der Waals surface area contributed by atoms with Crippen molar-refractivity contribution in [1.82, 2.24) is 5.32 Å². The summed E-state index contributed by atoms with van der Waals surface area (Å²) in [6.45, 7) is 8.76. The van der Waals surface area contributed by atoms with Crippen LogP contribution in [0.2, 0.25) is 0 Å². The maximum atomic E-state index is 12.0. The summed E-state index contributed by atoms with van der Waals surface area (Å²) in [6, 6.07) is 7.55. The molecule has 1 aromatic carbocycles. The lowest BCUT2D eigenvalue weighted by Crippen LogP contribution is -2.24. The van der Waals surface area contributed by atoms with Gasteiger partial charge in [-0.15, -0.1) is 11.3 Å². The smallest absolute Gasteiger partial charge is 0.261 e. The van der Waals surface area contributed by atoms with E-state index in [1.165, 1.54) is 29.4 Å². The predicted octanol–water partition coefficient (Wildman–Crippen LogP) is 4.07. The highest BCUT2D eigenvalue weighted by Gasteiger charge is 2.10. The van der Waals surface area contributed by atoms with Gasteiger partial charge in [-0.2, -0.15) is 0 Å². The zero-order valence-corrected chi connectivity index (χ0v) is 15.4. The summed E-state index contributed by atoms with van der Waals surface area (Å²) in [4.78, 5) is 24.4. The molecule has 0 fully saturated rings. The van der Waals surface area contributed by atoms with Crippen molar-refractivity contribution in [3.63, 3.8) is 0 Å². The molecule has 1 amide bonds. The first-order valence-corrected chi connectivity index (χ1v) is 8.79. The molecule has 4 nitrogen and oxygen atoms in total. The lowest BCUT2D eigenvalue weighted by Gasteiger charge is -2.12. The third kappa shape index (κ3) is 4.68. The van der Waals surface area contributed by atoms with Gasteiger partial charge in [0.25, 0.3) is 5.91 Å². The molecule has 128 valence electrons. The average Bonchev–Trinajstić information content (AvgIpc) is 3.01. The van der Waals surface area contributed by atoms with E-state index in [2.05, 4.69) is 32.2 Å². The van der Waals surface area contributed by atoms with Gasteiger partial charge in [0, 0.05) is 6.54 Å². The number of nitrogens with one attached hydrogen (secondary N) is 1. The van der Waals surface area contributed by atoms with Gasteiger partial charge in [0.2, 0.25) is 0 Å². The molecule has 0 spiro atoms. The van der Waals surface area contributed by atoms with Crippen LogP contribution in [0.4, 0.5) is 0 Å². The zero-order chi connectivity index (χ0) is 17.7. The maximum Gasteiger partial charge on any atom is 0.261 e. The van der Waals surface area contributed by atoms with Gasteiger partial charge in [0.1, 0.15) is 5.75 Å². The molecular weight excluding hydrogens is 322 g/mol. The van der Waals surface area contributed by atoms with Crippen LogP contribution in [-0.4, -0.2) is 24.8 Å². The molecule has 5 heteroatoms. The van der Waals surface area contributed by atoms with Crippen molar-refractivity contribution in [3.8, 4) is 5.75 Å². The van der Waals surface area contributed by atoms with Crippen molar-refractivity contribution in [2.24, 2.45) is 0 Å². The Morgan fingerprint density at radius 1 is 1.12 bits per heavy atom. The Morgan fingerprint density at radius 3 is 2.50 bits per heavy atom. The van der Waals surface area contributed by atoms with Crippen LogP contribution in [0.1, 0.15) is 49.4 Å². The van der Waals surface area contributed by atoms with Crippen LogP contribution in [0.5, 0.6) is 5.75 Å². The number of benzene rings is 1. The van der Waals surface area contributed by atoms with Gasteiger partial charge < -0.3 is 10.1 Å². The van der Waals surface area contributed by atoms with E-state index in [0.29, 0.717) is 22.9 Å². The Kier molecular flexibility index (Phi) is 6.15. The summed E-state index contributed by atoms with van der Waals surface area (Å²) in [7, 11) is 0. The second-order valence-electron chi connectivity index (χ2n) is 5.88. The number of rotatable bonds is 7. The quantitative estimate of drug-likeness (QED) is 0.608. The van der Waals surface area contributed by atoms with Crippen molar-refractivity contribution in [2.45, 2.75) is 34.1 Å². The number of Topliss-reactive ketones (excluding diaryl/α,β-unsaturated/α-hetero) is 1. The Morgan fingerprint density at radius 2 is 1.83 bits per heavy atom. The minimum Gasteiger partial charge on any atom is -0.493 e. The number of thiophene rings is 1. The molecule has 1 N–H and O–H groups in total. The molecule has 2 aromatic rings. The van der Waals surface area contributed by atoms with E-state index in [1.807, 2.05) is 6.07 Å². The number of ether oxygens (including phenoxy) is 1. The minimum absolute atomic E-state index is 0.0173. The van der Waals surface area contributed by atoms with Crippen LogP contribution in [0.25, 0.3) is 0 Å². The number of hydrogen-bond acceptors (Lipinski definition) is 4. The minimum atomic E-state index is -0.143. The van der Waals surface area contributed by atoms with E-state index in [0.717, 1.165) is 17.7 Å². The SMILES string of the molecule is CC(=O)c1ccc(C(=O)NCCCOc2cc(C)cc(C)c2C)s1. The van der Waals surface area contributed by atoms with Crippen LogP contribution in [0.15, 0.2) is 24.3 Å². The molecule has 2 rings (SSSR count). The third-order valence-corrected chi connectivity index (χ3v) is 4.99. The van der Waals surface area contributed by atoms with Crippen molar-refractivity contribution in [3.05, 3.63) is 50.7 Å². The van der Waals surface area contributed by atoms with Gasteiger partial charge in [-0.25, -0.2) is 0 Å². The highest BCUT2D eigenvalue weighted by atomic mass is 32.1. The monoisotopic (exact) mass is 345 g/mol. The van der Waals surface area contributed by atoms with Crippen LogP contribution < -0.4 is 10.1 Å². The third-order valence-electron chi connectivity index (χ3n) is 3.81. The molecule has 0 bridgehead atoms. The fourth-order valence-electron chi connectivity index (χ4n) is 2.34. The molecule has 0 aliphatic rings. The Hall–Kier alpha value is -2.14. The largest absolute Gasteiger partial charge is 0.493 e. The van der Waals surface area contributed by atoms with Gasteiger partial charge >= 0.3 is 0 Å². The molecule has 0 aliphatic heterocycles. The van der Waals surface area contributed by atoms with Crippen molar-refractivity contribution < 1.29 is 14.3 Å². The summed E-state index contributed by atoms with van der Waals surface area (Å²) in [5.41, 5.74) is 3.55. The van der Waals surface area contributed by atoms with E-state index >= 15 is 0 Å². The van der Waals surface area contributed by atoms with E-state index in [4.69, 9.17) is 4.74 Å². The Labute approximate surface area is 146 Å². The lowest BCUT2D eigenvalue weighted by atomic mass is 10.1. The van der Waals surface area contributed by atoms with Gasteiger partial charge in [-0.3, -0.25) is 9.59 Å². The van der Waals surface area contributed by atoms with Crippen molar-refractivity contribution >= 4 is 23.0 Å². The summed E-state index contributed by atoms with van der Waals surface area (Å²) >= 11 is 1.22. The fraction of sp³-hybridized carbons (Fsp3) is 0.368. The molecule has 24 heavy (non-hydrogen) atoms. The molecule has 1 heterocycles. The van der Waals surface area contributed by atoms with Crippen LogP contribution in [0.3, 0.4) is 0 Å². The van der Waals surface area contributed by atoms with Gasteiger partial charge in [0.05, 0.1) is 16.4 Å². The van der Waals surface area contributed by atoms with Crippen LogP contribution in [-0.2, 0) is 0 Å². The van der Waals surface area contributed by atoms with Gasteiger partial charge in [0.15, 0.2) is 5.78 Å². The number of ketones is 1. The molecule has 1 aromatic heterocycles. The van der Waals surface area contributed by atoms with Crippen molar-refractivity contribution in [2.75, 3.05) is 13.2 Å². The second-order valence-corrected chi connectivity index (χ2v) is 6.97. The zero-order valence-electron chi connectivity index (χ0n) is 14.6. The molecular formula is C19H23NO3S. The molecule has 0 unspecified atom stereocenters. The predicted molar refractivity (Wildman–Crippen MR) is 97.4 cm³/mol. The van der Waals surface area contributed by atoms with Gasteiger partial charge in [-0.05, 0) is 69.0 Å². The standard InChI is InChI=1S/C19H23NO3S/c1-12-10-13(2)14(3)16(11-12)23-9-5-8-20-19(22)18-7-6-17(24-18)15(4)21/h6-7,10-11H,5,8-9H2,1-4H3,(H,20,22). The average molecular weight is 345 g/mol. The molecule has 0 saturated heterocycles. The molecule has 0 atom stereocenters. The van der Waals surface area contributed by atoms with E-state index < -0.39 is 0 Å². The normalized spacial score (nSPS) is 10.5. The van der Waals surface area contributed by atoms with Crippen molar-refractivity contribution in [1.29, 1.82) is 0 Å². The van der Waals surface area contributed by atoms with E-state index in [-0.39, 0.29) is 11.7 Å². The number of aryl methyl sites for hydroxylation is 2. The molecule has 0 radical (unpaired) electrons. The highest BCUT2D eigenvalue weighted by Crippen LogP contribution is 2.23.